The van der Waals surface area contributed by atoms with Crippen LogP contribution in [0, 0.1) is 0 Å². The van der Waals surface area contributed by atoms with Gasteiger partial charge in [0.2, 0.25) is 0 Å². The van der Waals surface area contributed by atoms with Crippen molar-refractivity contribution in [3.8, 4) is 5.75 Å². The summed E-state index contributed by atoms with van der Waals surface area (Å²) in [5.41, 5.74) is 5.92. The molecule has 0 radical (unpaired) electrons. The van der Waals surface area contributed by atoms with Crippen LogP contribution in [0.25, 0.3) is 0 Å². The Hall–Kier alpha value is -1.39. The maximum atomic E-state index is 11.1. The second-order valence-electron chi connectivity index (χ2n) is 3.33. The Labute approximate surface area is 95.3 Å². The van der Waals surface area contributed by atoms with Crippen LogP contribution in [0.3, 0.4) is 0 Å². The highest BCUT2D eigenvalue weighted by atomic mass is 16.5. The van der Waals surface area contributed by atoms with Crippen molar-refractivity contribution in [2.24, 2.45) is 5.73 Å². The highest BCUT2D eigenvalue weighted by Crippen LogP contribution is 2.13. The lowest BCUT2D eigenvalue weighted by Crippen LogP contribution is -2.13. The summed E-state index contributed by atoms with van der Waals surface area (Å²) in [6.45, 7) is 3.54. The number of rotatable bonds is 7. The topological polar surface area (TPSA) is 61.5 Å². The van der Waals surface area contributed by atoms with E-state index in [0.717, 1.165) is 0 Å². The molecule has 0 heterocycles. The zero-order valence-corrected chi connectivity index (χ0v) is 9.44. The lowest BCUT2D eigenvalue weighted by molar-refractivity contribution is 0.101. The van der Waals surface area contributed by atoms with E-state index in [2.05, 4.69) is 0 Å². The number of ketones is 1. The molecule has 0 spiro atoms. The third-order valence-electron chi connectivity index (χ3n) is 2.00. The molecule has 0 aliphatic rings. The van der Waals surface area contributed by atoms with Crippen LogP contribution in [-0.4, -0.2) is 32.1 Å². The Kier molecular flexibility index (Phi) is 5.53. The second kappa shape index (κ2) is 6.98. The van der Waals surface area contributed by atoms with E-state index >= 15 is 0 Å². The highest BCUT2D eigenvalue weighted by molar-refractivity contribution is 5.94. The van der Waals surface area contributed by atoms with Gasteiger partial charge in [-0.3, -0.25) is 4.79 Å². The summed E-state index contributed by atoms with van der Waals surface area (Å²) < 4.78 is 10.6. The van der Waals surface area contributed by atoms with Crippen molar-refractivity contribution in [3.63, 3.8) is 0 Å². The van der Waals surface area contributed by atoms with Crippen molar-refractivity contribution in [2.75, 3.05) is 26.4 Å². The molecule has 0 aromatic heterocycles. The number of Topliss-reactive ketones (excluding diaryl/α,β-unsaturated/α-hetero) is 1. The summed E-state index contributed by atoms with van der Waals surface area (Å²) in [6.07, 6.45) is 0. The van der Waals surface area contributed by atoms with Crippen LogP contribution >= 0.6 is 0 Å². The fraction of sp³-hybridized carbons (Fsp3) is 0.417. The average molecular weight is 223 g/mol. The molecule has 0 amide bonds. The van der Waals surface area contributed by atoms with Crippen molar-refractivity contribution in [3.05, 3.63) is 29.8 Å². The molecule has 0 fully saturated rings. The smallest absolute Gasteiger partial charge is 0.159 e. The van der Waals surface area contributed by atoms with Gasteiger partial charge in [0.25, 0.3) is 0 Å². The Bertz CT molecular complexity index is 339. The number of carbonyl (C=O) groups is 1. The van der Waals surface area contributed by atoms with E-state index in [0.29, 0.717) is 37.7 Å². The molecule has 1 aromatic carbocycles. The van der Waals surface area contributed by atoms with Crippen LogP contribution in [0.5, 0.6) is 5.75 Å². The minimum atomic E-state index is 0.0323. The molecule has 0 saturated heterocycles. The molecule has 4 nitrogen and oxygen atoms in total. The lowest BCUT2D eigenvalue weighted by Gasteiger charge is -2.07. The summed E-state index contributed by atoms with van der Waals surface area (Å²) in [4.78, 5) is 11.1. The van der Waals surface area contributed by atoms with Gasteiger partial charge in [-0.2, -0.15) is 0 Å². The zero-order chi connectivity index (χ0) is 11.8. The molecule has 1 aromatic rings. The minimum absolute atomic E-state index is 0.0323. The summed E-state index contributed by atoms with van der Waals surface area (Å²) in [6, 6.07) is 7.10. The lowest BCUT2D eigenvalue weighted by atomic mass is 10.1. The molecule has 88 valence electrons. The average Bonchev–Trinajstić information content (AvgIpc) is 2.29. The number of hydrogen-bond donors (Lipinski definition) is 1. The van der Waals surface area contributed by atoms with E-state index in [1.807, 2.05) is 6.07 Å². The zero-order valence-electron chi connectivity index (χ0n) is 9.44. The predicted molar refractivity (Wildman–Crippen MR) is 61.8 cm³/mol. The first kappa shape index (κ1) is 12.7. The van der Waals surface area contributed by atoms with Crippen LogP contribution < -0.4 is 10.5 Å². The van der Waals surface area contributed by atoms with Crippen LogP contribution in [0.1, 0.15) is 17.3 Å². The van der Waals surface area contributed by atoms with Gasteiger partial charge in [0.05, 0.1) is 13.2 Å². The van der Waals surface area contributed by atoms with E-state index in [-0.39, 0.29) is 5.78 Å². The van der Waals surface area contributed by atoms with E-state index in [9.17, 15) is 4.79 Å². The van der Waals surface area contributed by atoms with Gasteiger partial charge in [-0.05, 0) is 19.1 Å². The Morgan fingerprint density at radius 3 is 2.81 bits per heavy atom. The molecule has 0 unspecified atom stereocenters. The Morgan fingerprint density at radius 1 is 1.31 bits per heavy atom. The van der Waals surface area contributed by atoms with Crippen molar-refractivity contribution in [1.82, 2.24) is 0 Å². The van der Waals surface area contributed by atoms with Crippen LogP contribution in [0.15, 0.2) is 24.3 Å². The molecule has 2 N–H and O–H groups in total. The quantitative estimate of drug-likeness (QED) is 0.558. The van der Waals surface area contributed by atoms with Crippen molar-refractivity contribution >= 4 is 5.78 Å². The first-order chi connectivity index (χ1) is 7.74. The molecule has 0 aliphatic heterocycles. The van der Waals surface area contributed by atoms with Crippen LogP contribution in [0.2, 0.25) is 0 Å². The van der Waals surface area contributed by atoms with Gasteiger partial charge in [0.15, 0.2) is 5.78 Å². The van der Waals surface area contributed by atoms with Gasteiger partial charge in [0.1, 0.15) is 12.4 Å². The largest absolute Gasteiger partial charge is 0.491 e. The first-order valence-corrected chi connectivity index (χ1v) is 5.25. The number of nitrogens with two attached hydrogens (primary N) is 1. The van der Waals surface area contributed by atoms with Crippen molar-refractivity contribution in [2.45, 2.75) is 6.92 Å². The monoisotopic (exact) mass is 223 g/mol. The van der Waals surface area contributed by atoms with Gasteiger partial charge < -0.3 is 15.2 Å². The Balaban J connectivity index is 2.36. The molecule has 0 aliphatic carbocycles. The SMILES string of the molecule is CC(=O)c1cccc(OCCOCCN)c1. The van der Waals surface area contributed by atoms with Crippen LogP contribution in [0.4, 0.5) is 0 Å². The van der Waals surface area contributed by atoms with Gasteiger partial charge in [-0.1, -0.05) is 12.1 Å². The van der Waals surface area contributed by atoms with E-state index in [1.165, 1.54) is 6.92 Å². The maximum Gasteiger partial charge on any atom is 0.159 e. The third kappa shape index (κ3) is 4.42. The molecule has 0 atom stereocenters. The molecule has 16 heavy (non-hydrogen) atoms. The van der Waals surface area contributed by atoms with Gasteiger partial charge in [-0.25, -0.2) is 0 Å². The summed E-state index contributed by atoms with van der Waals surface area (Å²) >= 11 is 0. The molecular formula is C12H17NO3. The molecule has 1 rings (SSSR count). The highest BCUT2D eigenvalue weighted by Gasteiger charge is 2.00. The molecule has 4 heteroatoms. The standard InChI is InChI=1S/C12H17NO3/c1-10(14)11-3-2-4-12(9-11)16-8-7-15-6-5-13/h2-4,9H,5-8,13H2,1H3. The number of benzene rings is 1. The number of ether oxygens (including phenoxy) is 2. The molecule has 0 saturated carbocycles. The Morgan fingerprint density at radius 2 is 2.12 bits per heavy atom. The van der Waals surface area contributed by atoms with Gasteiger partial charge in [0, 0.05) is 12.1 Å². The van der Waals surface area contributed by atoms with Gasteiger partial charge >= 0.3 is 0 Å². The number of carbonyl (C=O) groups excluding carboxylic acids is 1. The van der Waals surface area contributed by atoms with Crippen molar-refractivity contribution in [1.29, 1.82) is 0 Å². The maximum absolute atomic E-state index is 11.1. The van der Waals surface area contributed by atoms with E-state index in [1.54, 1.807) is 18.2 Å². The second-order valence-corrected chi connectivity index (χ2v) is 3.33. The summed E-state index contributed by atoms with van der Waals surface area (Å²) in [7, 11) is 0. The predicted octanol–water partition coefficient (Wildman–Crippen LogP) is 1.24. The first-order valence-electron chi connectivity index (χ1n) is 5.25. The third-order valence-corrected chi connectivity index (χ3v) is 2.00. The molecule has 0 bridgehead atoms. The van der Waals surface area contributed by atoms with Gasteiger partial charge in [-0.15, -0.1) is 0 Å². The van der Waals surface area contributed by atoms with E-state index < -0.39 is 0 Å². The minimum Gasteiger partial charge on any atom is -0.491 e. The van der Waals surface area contributed by atoms with Crippen molar-refractivity contribution < 1.29 is 14.3 Å². The van der Waals surface area contributed by atoms with Crippen LogP contribution in [-0.2, 0) is 4.74 Å². The van der Waals surface area contributed by atoms with E-state index in [4.69, 9.17) is 15.2 Å². The fourth-order valence-corrected chi connectivity index (χ4v) is 1.21. The molecular weight excluding hydrogens is 206 g/mol. The number of hydrogen-bond acceptors (Lipinski definition) is 4. The fourth-order valence-electron chi connectivity index (χ4n) is 1.21. The summed E-state index contributed by atoms with van der Waals surface area (Å²) in [5.74, 6) is 0.717. The summed E-state index contributed by atoms with van der Waals surface area (Å²) in [5, 5.41) is 0. The normalized spacial score (nSPS) is 10.1.